The topological polar surface area (TPSA) is 109 Å². The summed E-state index contributed by atoms with van der Waals surface area (Å²) in [6.07, 6.45) is -2.08. The Labute approximate surface area is 156 Å². The van der Waals surface area contributed by atoms with Gasteiger partial charge in [0.15, 0.2) is 0 Å². The van der Waals surface area contributed by atoms with Crippen LogP contribution in [0.2, 0.25) is 0 Å². The molecule has 2 N–H and O–H groups in total. The van der Waals surface area contributed by atoms with E-state index in [1.165, 1.54) is 24.3 Å². The number of halogens is 2. The first-order valence-electron chi connectivity index (χ1n) is 7.71. The second-order valence-corrected chi connectivity index (χ2v) is 9.16. The summed E-state index contributed by atoms with van der Waals surface area (Å²) in [5, 5.41) is 0. The van der Waals surface area contributed by atoms with E-state index in [2.05, 4.69) is 0 Å². The molecule has 0 aliphatic heterocycles. The van der Waals surface area contributed by atoms with Gasteiger partial charge in [0.1, 0.15) is 0 Å². The molecular formula is C17H18F2O6S2. The summed E-state index contributed by atoms with van der Waals surface area (Å²) < 4.78 is 93.5. The molecule has 0 fully saturated rings. The Morgan fingerprint density at radius 3 is 1.41 bits per heavy atom. The van der Waals surface area contributed by atoms with Crippen LogP contribution < -0.4 is 0 Å². The molecule has 0 heterocycles. The second-order valence-electron chi connectivity index (χ2n) is 6.38. The summed E-state index contributed by atoms with van der Waals surface area (Å²) in [4.78, 5) is -1.26. The van der Waals surface area contributed by atoms with Crippen LogP contribution in [0.5, 0.6) is 0 Å². The van der Waals surface area contributed by atoms with Gasteiger partial charge in [-0.2, -0.15) is 16.8 Å². The molecule has 2 aromatic carbocycles. The zero-order chi connectivity index (χ0) is 20.6. The highest BCUT2D eigenvalue weighted by Gasteiger charge is 2.34. The first-order chi connectivity index (χ1) is 12.2. The minimum absolute atomic E-state index is 0.288. The van der Waals surface area contributed by atoms with Crippen molar-refractivity contribution in [2.75, 3.05) is 0 Å². The molecule has 0 aromatic heterocycles. The van der Waals surface area contributed by atoms with Crippen molar-refractivity contribution in [3.8, 4) is 0 Å². The molecule has 10 heteroatoms. The molecule has 0 amide bonds. The molecule has 0 aliphatic carbocycles. The van der Waals surface area contributed by atoms with Gasteiger partial charge < -0.3 is 0 Å². The van der Waals surface area contributed by atoms with E-state index < -0.39 is 48.8 Å². The maximum absolute atomic E-state index is 14.6. The highest BCUT2D eigenvalue weighted by molar-refractivity contribution is 7.86. The standard InChI is InChI=1S/C17H18F2O6S2/c1-11-3-5-15(26(20,21)22)13(7-11)9-17(18,19)10-14-8-12(2)4-6-16(14)27(23,24)25/h3-8H,9-10H2,1-2H3,(H,20,21,22)(H,23,24,25). The third kappa shape index (κ3) is 5.55. The molecule has 0 spiro atoms. The Hall–Kier alpha value is -1.88. The van der Waals surface area contributed by atoms with Gasteiger partial charge in [-0.3, -0.25) is 9.11 Å². The Morgan fingerprint density at radius 1 is 0.778 bits per heavy atom. The summed E-state index contributed by atoms with van der Waals surface area (Å²) in [7, 11) is -9.41. The average molecular weight is 420 g/mol. The predicted molar refractivity (Wildman–Crippen MR) is 94.3 cm³/mol. The third-order valence-electron chi connectivity index (χ3n) is 3.89. The molecule has 0 radical (unpaired) electrons. The average Bonchev–Trinajstić information content (AvgIpc) is 2.43. The van der Waals surface area contributed by atoms with Crippen LogP contribution in [-0.2, 0) is 33.1 Å². The van der Waals surface area contributed by atoms with Crippen molar-refractivity contribution in [2.45, 2.75) is 42.4 Å². The lowest BCUT2D eigenvalue weighted by molar-refractivity contribution is 0.000933. The van der Waals surface area contributed by atoms with Crippen molar-refractivity contribution < 1.29 is 34.7 Å². The molecule has 2 rings (SSSR count). The Kier molecular flexibility index (Phi) is 5.77. The van der Waals surface area contributed by atoms with Gasteiger partial charge in [-0.25, -0.2) is 8.78 Å². The SMILES string of the molecule is Cc1ccc(S(=O)(=O)O)c(CC(F)(F)Cc2cc(C)ccc2S(=O)(=O)O)c1. The lowest BCUT2D eigenvalue weighted by Crippen LogP contribution is -2.25. The van der Waals surface area contributed by atoms with Crippen LogP contribution in [0.1, 0.15) is 22.3 Å². The number of benzene rings is 2. The van der Waals surface area contributed by atoms with Crippen LogP contribution in [-0.4, -0.2) is 31.9 Å². The van der Waals surface area contributed by atoms with Crippen LogP contribution in [0.25, 0.3) is 0 Å². The summed E-state index contributed by atoms with van der Waals surface area (Å²) in [6.45, 7) is 3.15. The van der Waals surface area contributed by atoms with E-state index in [1.54, 1.807) is 13.8 Å². The zero-order valence-corrected chi connectivity index (χ0v) is 16.1. The van der Waals surface area contributed by atoms with Gasteiger partial charge in [0, 0.05) is 12.8 Å². The summed E-state index contributed by atoms with van der Waals surface area (Å²) >= 11 is 0. The van der Waals surface area contributed by atoms with Crippen LogP contribution in [0.15, 0.2) is 46.2 Å². The molecule has 27 heavy (non-hydrogen) atoms. The van der Waals surface area contributed by atoms with Crippen molar-refractivity contribution >= 4 is 20.2 Å². The monoisotopic (exact) mass is 420 g/mol. The quantitative estimate of drug-likeness (QED) is 0.695. The minimum atomic E-state index is -4.70. The summed E-state index contributed by atoms with van der Waals surface area (Å²) in [5.41, 5.74) is 0.455. The third-order valence-corrected chi connectivity index (χ3v) is 5.79. The maximum atomic E-state index is 14.6. The normalized spacial score (nSPS) is 13.0. The minimum Gasteiger partial charge on any atom is -0.282 e. The van der Waals surface area contributed by atoms with E-state index in [0.29, 0.717) is 11.1 Å². The van der Waals surface area contributed by atoms with Gasteiger partial charge in [0.2, 0.25) is 0 Å². The molecule has 6 nitrogen and oxygen atoms in total. The molecule has 0 saturated heterocycles. The molecule has 0 atom stereocenters. The molecule has 148 valence electrons. The number of hydrogen-bond donors (Lipinski definition) is 2. The van der Waals surface area contributed by atoms with Crippen molar-refractivity contribution in [2.24, 2.45) is 0 Å². The van der Waals surface area contributed by atoms with E-state index >= 15 is 0 Å². The van der Waals surface area contributed by atoms with E-state index in [9.17, 15) is 34.7 Å². The number of alkyl halides is 2. The molecule has 0 bridgehead atoms. The van der Waals surface area contributed by atoms with Crippen molar-refractivity contribution in [3.63, 3.8) is 0 Å². The van der Waals surface area contributed by atoms with Gasteiger partial charge in [0.25, 0.3) is 26.2 Å². The van der Waals surface area contributed by atoms with E-state index in [1.807, 2.05) is 0 Å². The van der Waals surface area contributed by atoms with E-state index in [4.69, 9.17) is 0 Å². The fraction of sp³-hybridized carbons (Fsp3) is 0.294. The largest absolute Gasteiger partial charge is 0.294 e. The van der Waals surface area contributed by atoms with E-state index in [0.717, 1.165) is 12.1 Å². The van der Waals surface area contributed by atoms with Gasteiger partial charge in [-0.05, 0) is 37.1 Å². The molecule has 2 aromatic rings. The van der Waals surface area contributed by atoms with Crippen LogP contribution in [0.3, 0.4) is 0 Å². The number of aryl methyl sites for hydroxylation is 2. The number of rotatable bonds is 6. The van der Waals surface area contributed by atoms with Crippen LogP contribution >= 0.6 is 0 Å². The predicted octanol–water partition coefficient (Wildman–Crippen LogP) is 3.22. The molecular weight excluding hydrogens is 402 g/mol. The lowest BCUT2D eigenvalue weighted by Gasteiger charge is -2.20. The highest BCUT2D eigenvalue weighted by Crippen LogP contribution is 2.31. The Bertz CT molecular complexity index is 991. The van der Waals surface area contributed by atoms with E-state index in [-0.39, 0.29) is 11.1 Å². The van der Waals surface area contributed by atoms with Gasteiger partial charge in [-0.15, -0.1) is 0 Å². The van der Waals surface area contributed by atoms with Crippen LogP contribution in [0.4, 0.5) is 8.78 Å². The maximum Gasteiger partial charge on any atom is 0.294 e. The first kappa shape index (κ1) is 21.4. The van der Waals surface area contributed by atoms with Gasteiger partial charge in [-0.1, -0.05) is 35.4 Å². The van der Waals surface area contributed by atoms with Crippen molar-refractivity contribution in [1.29, 1.82) is 0 Å². The number of hydrogen-bond acceptors (Lipinski definition) is 4. The smallest absolute Gasteiger partial charge is 0.282 e. The highest BCUT2D eigenvalue weighted by atomic mass is 32.2. The first-order valence-corrected chi connectivity index (χ1v) is 10.6. The Morgan fingerprint density at radius 2 is 1.11 bits per heavy atom. The van der Waals surface area contributed by atoms with Gasteiger partial charge >= 0.3 is 0 Å². The lowest BCUT2D eigenvalue weighted by atomic mass is 9.98. The van der Waals surface area contributed by atoms with Crippen molar-refractivity contribution in [1.82, 2.24) is 0 Å². The van der Waals surface area contributed by atoms with Crippen molar-refractivity contribution in [3.05, 3.63) is 58.7 Å². The van der Waals surface area contributed by atoms with Crippen LogP contribution in [0, 0.1) is 13.8 Å². The zero-order valence-electron chi connectivity index (χ0n) is 14.5. The fourth-order valence-electron chi connectivity index (χ4n) is 2.82. The van der Waals surface area contributed by atoms with Gasteiger partial charge in [0.05, 0.1) is 9.79 Å². The fourth-order valence-corrected chi connectivity index (χ4v) is 4.22. The Balaban J connectivity index is 2.46. The second kappa shape index (κ2) is 7.27. The molecule has 0 saturated carbocycles. The molecule has 0 aliphatic rings. The summed E-state index contributed by atoms with van der Waals surface area (Å²) in [6, 6.07) is 7.23. The molecule has 0 unspecified atom stereocenters. The summed E-state index contributed by atoms with van der Waals surface area (Å²) in [5.74, 6) is -3.54.